The molecule has 0 N–H and O–H groups in total. The zero-order valence-electron chi connectivity index (χ0n) is 13.6. The molecule has 2 aromatic heterocycles. The molecule has 5 nitrogen and oxygen atoms in total. The fraction of sp³-hybridized carbons (Fsp3) is 0.529. The number of imidazole rings is 1. The Hall–Kier alpha value is -1.88. The van der Waals surface area contributed by atoms with Gasteiger partial charge in [-0.2, -0.15) is 0 Å². The van der Waals surface area contributed by atoms with E-state index in [4.69, 9.17) is 0 Å². The van der Waals surface area contributed by atoms with Gasteiger partial charge in [0.2, 0.25) is 5.91 Å². The molecule has 22 heavy (non-hydrogen) atoms. The average molecular weight is 300 g/mol. The molecule has 0 aliphatic carbocycles. The normalized spacial score (nSPS) is 17.1. The molecule has 0 bridgehead atoms. The summed E-state index contributed by atoms with van der Waals surface area (Å²) >= 11 is 0. The Morgan fingerprint density at radius 3 is 2.55 bits per heavy atom. The highest BCUT2D eigenvalue weighted by atomic mass is 16.2. The summed E-state index contributed by atoms with van der Waals surface area (Å²) in [7, 11) is 0. The van der Waals surface area contributed by atoms with Gasteiger partial charge in [0.15, 0.2) is 0 Å². The second kappa shape index (κ2) is 5.72. The third-order valence-corrected chi connectivity index (χ3v) is 4.10. The molecule has 0 aromatic carbocycles. The number of rotatable bonds is 2. The van der Waals surface area contributed by atoms with Crippen LogP contribution in [0.3, 0.4) is 0 Å². The standard InChI is InChI=1S/C17H24N4O/c1-17(2,3)16(22)20-10-8-19(9-11-20)12-14-13-21-7-5-4-6-15(21)18-14/h4-7,13H,8-12H2,1-3H3. The number of carbonyl (C=O) groups is 1. The number of nitrogens with zero attached hydrogens (tertiary/aromatic N) is 4. The molecule has 3 heterocycles. The molecular weight excluding hydrogens is 276 g/mol. The third kappa shape index (κ3) is 3.14. The summed E-state index contributed by atoms with van der Waals surface area (Å²) in [5.41, 5.74) is 1.78. The maximum absolute atomic E-state index is 12.3. The van der Waals surface area contributed by atoms with Crippen LogP contribution in [0, 0.1) is 5.41 Å². The summed E-state index contributed by atoms with van der Waals surface area (Å²) in [5, 5.41) is 0. The number of carbonyl (C=O) groups excluding carboxylic acids is 1. The largest absolute Gasteiger partial charge is 0.340 e. The SMILES string of the molecule is CC(C)(C)C(=O)N1CCN(Cc2cn3ccccc3n2)CC1. The molecule has 0 radical (unpaired) electrons. The number of piperazine rings is 1. The fourth-order valence-corrected chi connectivity index (χ4v) is 2.88. The zero-order valence-corrected chi connectivity index (χ0v) is 13.6. The molecule has 1 amide bonds. The van der Waals surface area contributed by atoms with Crippen molar-refractivity contribution in [2.24, 2.45) is 5.41 Å². The van der Waals surface area contributed by atoms with Crippen molar-refractivity contribution in [3.63, 3.8) is 0 Å². The van der Waals surface area contributed by atoms with Crippen LogP contribution in [-0.4, -0.2) is 51.3 Å². The molecule has 1 aliphatic heterocycles. The molecule has 0 spiro atoms. The van der Waals surface area contributed by atoms with Gasteiger partial charge < -0.3 is 9.30 Å². The Kier molecular flexibility index (Phi) is 3.91. The van der Waals surface area contributed by atoms with Gasteiger partial charge in [-0.15, -0.1) is 0 Å². The molecule has 3 rings (SSSR count). The molecule has 0 unspecified atom stereocenters. The number of pyridine rings is 1. The number of aromatic nitrogens is 2. The lowest BCUT2D eigenvalue weighted by Crippen LogP contribution is -2.51. The maximum atomic E-state index is 12.3. The van der Waals surface area contributed by atoms with Gasteiger partial charge >= 0.3 is 0 Å². The van der Waals surface area contributed by atoms with Gasteiger partial charge in [-0.3, -0.25) is 9.69 Å². The Balaban J connectivity index is 1.59. The number of amides is 1. The van der Waals surface area contributed by atoms with E-state index < -0.39 is 0 Å². The second-order valence-electron chi connectivity index (χ2n) is 7.02. The van der Waals surface area contributed by atoms with Crippen molar-refractivity contribution in [2.45, 2.75) is 27.3 Å². The van der Waals surface area contributed by atoms with Gasteiger partial charge in [-0.25, -0.2) is 4.98 Å². The van der Waals surface area contributed by atoms with Crippen LogP contribution in [0.25, 0.3) is 5.65 Å². The van der Waals surface area contributed by atoms with Gasteiger partial charge in [0.1, 0.15) is 5.65 Å². The molecule has 118 valence electrons. The van der Waals surface area contributed by atoms with Gasteiger partial charge in [0.25, 0.3) is 0 Å². The van der Waals surface area contributed by atoms with Crippen molar-refractivity contribution in [1.82, 2.24) is 19.2 Å². The molecule has 1 aliphatic rings. The van der Waals surface area contributed by atoms with E-state index in [2.05, 4.69) is 20.5 Å². The number of fused-ring (bicyclic) bond motifs is 1. The van der Waals surface area contributed by atoms with Crippen molar-refractivity contribution in [3.8, 4) is 0 Å². The van der Waals surface area contributed by atoms with Gasteiger partial charge in [-0.05, 0) is 12.1 Å². The summed E-state index contributed by atoms with van der Waals surface area (Å²) in [6.45, 7) is 10.2. The summed E-state index contributed by atoms with van der Waals surface area (Å²) in [5.74, 6) is 0.250. The predicted octanol–water partition coefficient (Wildman–Crippen LogP) is 2.02. The molecular formula is C17H24N4O. The summed E-state index contributed by atoms with van der Waals surface area (Å²) < 4.78 is 2.05. The van der Waals surface area contributed by atoms with Crippen LogP contribution in [0.4, 0.5) is 0 Å². The van der Waals surface area contributed by atoms with Crippen LogP contribution < -0.4 is 0 Å². The molecule has 0 atom stereocenters. The number of hydrogen-bond acceptors (Lipinski definition) is 3. The van der Waals surface area contributed by atoms with Crippen molar-refractivity contribution >= 4 is 11.6 Å². The highest BCUT2D eigenvalue weighted by Gasteiger charge is 2.29. The highest BCUT2D eigenvalue weighted by molar-refractivity contribution is 5.81. The number of hydrogen-bond donors (Lipinski definition) is 0. The van der Waals surface area contributed by atoms with E-state index in [0.29, 0.717) is 0 Å². The smallest absolute Gasteiger partial charge is 0.228 e. The van der Waals surface area contributed by atoms with Crippen molar-refractivity contribution < 1.29 is 4.79 Å². The first kappa shape index (κ1) is 15.0. The Morgan fingerprint density at radius 1 is 1.18 bits per heavy atom. The maximum Gasteiger partial charge on any atom is 0.228 e. The summed E-state index contributed by atoms with van der Waals surface area (Å²) in [4.78, 5) is 21.3. The monoisotopic (exact) mass is 300 g/mol. The van der Waals surface area contributed by atoms with Gasteiger partial charge in [-0.1, -0.05) is 26.8 Å². The van der Waals surface area contributed by atoms with E-state index in [-0.39, 0.29) is 11.3 Å². The van der Waals surface area contributed by atoms with Crippen LogP contribution in [0.15, 0.2) is 30.6 Å². The van der Waals surface area contributed by atoms with E-state index in [1.165, 1.54) is 0 Å². The predicted molar refractivity (Wildman–Crippen MR) is 86.5 cm³/mol. The lowest BCUT2D eigenvalue weighted by Gasteiger charge is -2.37. The molecule has 2 aromatic rings. The minimum atomic E-state index is -0.288. The van der Waals surface area contributed by atoms with Crippen LogP contribution in [0.5, 0.6) is 0 Å². The minimum Gasteiger partial charge on any atom is -0.340 e. The quantitative estimate of drug-likeness (QED) is 0.852. The first-order valence-corrected chi connectivity index (χ1v) is 7.88. The Labute approximate surface area is 131 Å². The topological polar surface area (TPSA) is 40.9 Å². The zero-order chi connectivity index (χ0) is 15.7. The van der Waals surface area contributed by atoms with Crippen LogP contribution in [0.2, 0.25) is 0 Å². The van der Waals surface area contributed by atoms with E-state index >= 15 is 0 Å². The summed E-state index contributed by atoms with van der Waals surface area (Å²) in [6.07, 6.45) is 4.10. The minimum absolute atomic E-state index is 0.250. The lowest BCUT2D eigenvalue weighted by atomic mass is 9.94. The molecule has 1 fully saturated rings. The van der Waals surface area contributed by atoms with Crippen molar-refractivity contribution in [1.29, 1.82) is 0 Å². The first-order chi connectivity index (χ1) is 10.4. The van der Waals surface area contributed by atoms with Gasteiger partial charge in [0.05, 0.1) is 5.69 Å². The Bertz CT molecular complexity index is 630. The third-order valence-electron chi connectivity index (χ3n) is 4.10. The Morgan fingerprint density at radius 2 is 1.91 bits per heavy atom. The molecule has 5 heteroatoms. The van der Waals surface area contributed by atoms with E-state index in [0.717, 1.165) is 44.1 Å². The molecule has 0 saturated carbocycles. The van der Waals surface area contributed by atoms with Crippen LogP contribution in [0.1, 0.15) is 26.5 Å². The lowest BCUT2D eigenvalue weighted by molar-refractivity contribution is -0.141. The fourth-order valence-electron chi connectivity index (χ4n) is 2.88. The average Bonchev–Trinajstić information content (AvgIpc) is 2.88. The van der Waals surface area contributed by atoms with Crippen LogP contribution in [-0.2, 0) is 11.3 Å². The van der Waals surface area contributed by atoms with Gasteiger partial charge in [0, 0.05) is 50.5 Å². The van der Waals surface area contributed by atoms with E-state index in [1.54, 1.807) is 0 Å². The van der Waals surface area contributed by atoms with E-state index in [1.807, 2.05) is 50.1 Å². The van der Waals surface area contributed by atoms with Crippen molar-refractivity contribution in [3.05, 3.63) is 36.3 Å². The highest BCUT2D eigenvalue weighted by Crippen LogP contribution is 2.19. The van der Waals surface area contributed by atoms with Crippen LogP contribution >= 0.6 is 0 Å². The first-order valence-electron chi connectivity index (χ1n) is 7.88. The van der Waals surface area contributed by atoms with E-state index in [9.17, 15) is 4.79 Å². The second-order valence-corrected chi connectivity index (χ2v) is 7.02. The van der Waals surface area contributed by atoms with Crippen molar-refractivity contribution in [2.75, 3.05) is 26.2 Å². The summed E-state index contributed by atoms with van der Waals surface area (Å²) in [6, 6.07) is 6.03. The molecule has 1 saturated heterocycles.